The number of halogens is 4. The first-order valence-corrected chi connectivity index (χ1v) is 32.8. The van der Waals surface area contributed by atoms with Crippen molar-refractivity contribution in [3.05, 3.63) is 260 Å². The molecule has 1 aliphatic carbocycles. The van der Waals surface area contributed by atoms with Crippen LogP contribution in [0, 0.1) is 114 Å². The number of benzene rings is 6. The quantitative estimate of drug-likeness (QED) is 0.0352. The molecule has 0 bridgehead atoms. The minimum absolute atomic E-state index is 0.0679. The molecule has 0 atom stereocenters. The molecule has 40 heteroatoms. The SMILES string of the molecule is Nc1ccc(-c2ccc(N)c(N)c2)cc1N.[C-]#[N+]C1=C([N+]#[C-])C(=O)C(Cl)=C(Cl)C1=O.[C-]#[N+]c1[nH]c2[nH]c3ccc(-c4ccc5nc6nc(C#N)c(C#N)nc6nc5c4)cc3[nH]c=2[nH]c1[N+]#[C-].[C-]#[N+]c1nc(Cl)c(Cl)nc1C#N.[C-]#[N+]c1nc2nc3ccc(-c4ccc5nc6nc(C#N)c(C#N)nc6nc5c4)cc3nc2nc1[N+]#[C-]. The molecule has 3 aliphatic rings. The molecule has 6 aromatic carbocycles. The minimum Gasteiger partial charge on any atom is -0.397 e. The molecule has 0 fully saturated rings. The number of rotatable bonds is 3. The highest BCUT2D eigenvalue weighted by molar-refractivity contribution is 6.59. The van der Waals surface area contributed by atoms with Crippen molar-refractivity contribution < 1.29 is 9.59 Å². The molecule has 16 rings (SSSR count). The Morgan fingerprint density at radius 1 is 0.307 bits per heavy atom. The molecule has 0 amide bonds. The van der Waals surface area contributed by atoms with Crippen LogP contribution in [0.1, 0.15) is 28.5 Å². The molecule has 36 nitrogen and oxygen atoms in total. The van der Waals surface area contributed by atoms with Gasteiger partial charge in [0.25, 0.3) is 16.8 Å². The number of aromatic amines is 4. The number of carbonyl (C=O) groups is 2. The lowest BCUT2D eigenvalue weighted by Crippen LogP contribution is -2.16. The Labute approximate surface area is 656 Å². The predicted molar refractivity (Wildman–Crippen MR) is 416 cm³/mol. The van der Waals surface area contributed by atoms with E-state index in [9.17, 15) is 30.6 Å². The Balaban J connectivity index is 0.000000143. The monoisotopic (exact) mass is 1570 g/mol. The summed E-state index contributed by atoms with van der Waals surface area (Å²) in [5.41, 5.74) is 35.9. The Kier molecular flexibility index (Phi) is 21.4. The number of allylic oxidation sites excluding steroid dienone is 2. The summed E-state index contributed by atoms with van der Waals surface area (Å²) in [5, 5.41) is 44.1. The van der Waals surface area contributed by atoms with Crippen LogP contribution in [0.4, 0.5) is 51.8 Å². The van der Waals surface area contributed by atoms with Crippen molar-refractivity contribution in [1.29, 1.82) is 26.3 Å². The van der Waals surface area contributed by atoms with Crippen molar-refractivity contribution in [2.75, 3.05) is 22.9 Å². The van der Waals surface area contributed by atoms with E-state index in [4.69, 9.17) is 121 Å². The fraction of sp³-hybridized carbons (Fsp3) is 0. The molecule has 114 heavy (non-hydrogen) atoms. The van der Waals surface area contributed by atoms with Gasteiger partial charge in [-0.3, -0.25) is 9.97 Å². The number of nitrogens with one attached hydrogen (secondary N) is 4. The third-order valence-corrected chi connectivity index (χ3v) is 17.3. The molecule has 12 N–H and O–H groups in total. The Morgan fingerprint density at radius 3 is 0.965 bits per heavy atom. The summed E-state index contributed by atoms with van der Waals surface area (Å²) >= 11 is 21.7. The van der Waals surface area contributed by atoms with E-state index in [2.05, 4.69) is 124 Å². The summed E-state index contributed by atoms with van der Waals surface area (Å²) in [6, 6.07) is 42.4. The summed E-state index contributed by atoms with van der Waals surface area (Å²) in [6.07, 6.45) is 0. The normalized spacial score (nSPS) is 11.2. The number of carbonyl (C=O) groups excluding carboxylic acids is 2. The molecule has 0 radical (unpaired) electrons. The number of ketones is 2. The van der Waals surface area contributed by atoms with Crippen molar-refractivity contribution in [3.63, 3.8) is 0 Å². The number of hydrogen-bond acceptors (Lipinski definition) is 25. The molecule has 0 spiro atoms. The fourth-order valence-corrected chi connectivity index (χ4v) is 11.0. The molecule has 2 aliphatic heterocycles. The topological polar surface area (TPSA) is 531 Å². The van der Waals surface area contributed by atoms with Gasteiger partial charge in [0.15, 0.2) is 67.8 Å². The second-order valence-electron chi connectivity index (χ2n) is 22.6. The number of nitrogens with zero attached hydrogens (tertiary/aromatic N) is 26. The van der Waals surface area contributed by atoms with Crippen molar-refractivity contribution in [2.45, 2.75) is 0 Å². The number of hydrogen-bond donors (Lipinski definition) is 8. The van der Waals surface area contributed by atoms with Gasteiger partial charge >= 0.3 is 17.1 Å². The lowest BCUT2D eigenvalue weighted by atomic mass is 10.0. The zero-order valence-corrected chi connectivity index (χ0v) is 59.7. The minimum atomic E-state index is -0.878. The maximum absolute atomic E-state index is 11.2. The maximum Gasteiger partial charge on any atom is 0.316 e. The smallest absolute Gasteiger partial charge is 0.316 e. The van der Waals surface area contributed by atoms with Gasteiger partial charge in [0.1, 0.15) is 30.3 Å². The van der Waals surface area contributed by atoms with Crippen LogP contribution < -0.4 is 22.9 Å². The van der Waals surface area contributed by atoms with Gasteiger partial charge < -0.3 is 66.7 Å². The number of H-pyrrole nitrogens is 4. The zero-order valence-electron chi connectivity index (χ0n) is 56.7. The number of anilines is 4. The largest absolute Gasteiger partial charge is 0.397 e. The van der Waals surface area contributed by atoms with Crippen molar-refractivity contribution in [2.24, 2.45) is 0 Å². The third kappa shape index (κ3) is 15.2. The Morgan fingerprint density at radius 2 is 0.623 bits per heavy atom. The zero-order chi connectivity index (χ0) is 81.3. The van der Waals surface area contributed by atoms with Gasteiger partial charge in [-0.25, -0.2) is 64.5 Å². The number of nitrogen functional groups attached to an aromatic ring is 4. The van der Waals surface area contributed by atoms with E-state index in [1.807, 2.05) is 103 Å². The number of nitriles is 5. The predicted octanol–water partition coefficient (Wildman–Crippen LogP) is 14.1. The summed E-state index contributed by atoms with van der Waals surface area (Å²) in [6.45, 7) is 48.8. The number of nitrogens with two attached hydrogens (primary N) is 4. The van der Waals surface area contributed by atoms with Gasteiger partial charge in [0, 0.05) is 0 Å². The third-order valence-electron chi connectivity index (χ3n) is 15.8. The molecule has 7 aromatic heterocycles. The highest BCUT2D eigenvalue weighted by Crippen LogP contribution is 2.35. The van der Waals surface area contributed by atoms with E-state index in [-0.39, 0.29) is 102 Å². The number of Topliss-reactive ketones (excluding diaryl/α,β-unsaturated/α-hetero) is 2. The lowest BCUT2D eigenvalue weighted by Gasteiger charge is -2.08. The standard InChI is InChI=1S/C24H10N12.C24H6N12.C12H14N4.C8Cl2N2O2.C6Cl2N4/c2*1-27-19-20(28-2)36-24-23(35-19)30-14-6-4-12(8-16(14)32-24)11-3-5-13-15(7-11)31-22-21(29-13)33-17(9-25)18(10-26)34-22;13-9-3-1-7(5-11(9)15)8-2-4-10(14)12(16)6-8;1-11-5-6(12-2)8(14)4(10)3(9)7(5)13;1-10-6-3(2-9)11-4(7)5(8)12-6/h3-8,30,32,35-36H;3-8H;1-6H,13-16H2;;. The van der Waals surface area contributed by atoms with E-state index >= 15 is 0 Å². The van der Waals surface area contributed by atoms with Crippen molar-refractivity contribution in [3.8, 4) is 63.7 Å². The summed E-state index contributed by atoms with van der Waals surface area (Å²) in [4.78, 5) is 115. The molecule has 0 saturated carbocycles. The van der Waals surface area contributed by atoms with Gasteiger partial charge in [-0.1, -0.05) is 104 Å². The average Bonchev–Trinajstić information content (AvgIpc) is 0.769. The molecule has 13 aromatic rings. The van der Waals surface area contributed by atoms with E-state index in [1.54, 1.807) is 36.4 Å². The molecule has 0 saturated heterocycles. The van der Waals surface area contributed by atoms with Crippen LogP contribution in [0.3, 0.4) is 0 Å². The van der Waals surface area contributed by atoms with Crippen molar-refractivity contribution in [1.82, 2.24) is 89.7 Å². The van der Waals surface area contributed by atoms with Crippen molar-refractivity contribution >= 4 is 188 Å². The Bertz CT molecular complexity index is 7260. The van der Waals surface area contributed by atoms with E-state index in [0.29, 0.717) is 66.8 Å². The molecule has 0 unspecified atom stereocenters. The fourth-order valence-electron chi connectivity index (χ4n) is 10.4. The highest BCUT2D eigenvalue weighted by Gasteiger charge is 2.34. The molecular weight excluding hydrogens is 1540 g/mol. The van der Waals surface area contributed by atoms with Gasteiger partial charge in [-0.15, -0.1) is 15.0 Å². The molecule has 9 heterocycles. The van der Waals surface area contributed by atoms with Crippen LogP contribution in [0.5, 0.6) is 0 Å². The first kappa shape index (κ1) is 75.8. The second-order valence-corrected chi connectivity index (χ2v) is 24.1. The summed E-state index contributed by atoms with van der Waals surface area (Å²) in [7, 11) is 0. The van der Waals surface area contributed by atoms with Crippen LogP contribution in [0.25, 0.3) is 145 Å². The van der Waals surface area contributed by atoms with E-state index in [0.717, 1.165) is 44.4 Å². The van der Waals surface area contributed by atoms with Crippen LogP contribution in [-0.4, -0.2) is 101 Å². The van der Waals surface area contributed by atoms with Gasteiger partial charge in [0.05, 0.1) is 90.1 Å². The van der Waals surface area contributed by atoms with Crippen LogP contribution >= 0.6 is 46.4 Å². The Hall–Kier alpha value is -17.8. The second kappa shape index (κ2) is 32.1. The maximum atomic E-state index is 11.2. The van der Waals surface area contributed by atoms with Gasteiger partial charge in [-0.2, -0.15) is 26.3 Å². The summed E-state index contributed by atoms with van der Waals surface area (Å²) < 4.78 is 0. The molecule has 536 valence electrons. The van der Waals surface area contributed by atoms with Gasteiger partial charge in [-0.05, 0) is 118 Å². The van der Waals surface area contributed by atoms with Crippen LogP contribution in [0.2, 0.25) is 10.3 Å². The van der Waals surface area contributed by atoms with E-state index in [1.165, 1.54) is 0 Å². The average molecular weight is 1570 g/mol. The van der Waals surface area contributed by atoms with Crippen LogP contribution in [0.15, 0.2) is 131 Å². The summed E-state index contributed by atoms with van der Waals surface area (Å²) in [5.74, 6) is -1.88. The molecular formula is C74H30Cl4N34O2. The van der Waals surface area contributed by atoms with Gasteiger partial charge in [0.2, 0.25) is 34.0 Å². The highest BCUT2D eigenvalue weighted by atomic mass is 35.5. The first-order valence-electron chi connectivity index (χ1n) is 31.3. The first-order chi connectivity index (χ1) is 55.0. The van der Waals surface area contributed by atoms with E-state index < -0.39 is 33.0 Å². The number of aromatic nitrogens is 18. The lowest BCUT2D eigenvalue weighted by molar-refractivity contribution is -0.115. The number of fused-ring (bicyclic) bond motifs is 7. The van der Waals surface area contributed by atoms with Crippen LogP contribution in [-0.2, 0) is 9.59 Å².